The fourth-order valence-electron chi connectivity index (χ4n) is 1.59. The topological polar surface area (TPSA) is 34.1 Å². The molecule has 0 heterocycles. The molecule has 2 nitrogen and oxygen atoms in total. The van der Waals surface area contributed by atoms with Crippen molar-refractivity contribution in [3.05, 3.63) is 0 Å². The molecule has 0 N–H and O–H groups in total. The third kappa shape index (κ3) is 0.981. The van der Waals surface area contributed by atoms with E-state index in [2.05, 4.69) is 0 Å². The molecule has 1 fully saturated rings. The van der Waals surface area contributed by atoms with Gasteiger partial charge in [0.15, 0.2) is 5.78 Å². The molecule has 0 amide bonds. The van der Waals surface area contributed by atoms with Crippen LogP contribution in [0.5, 0.6) is 0 Å². The van der Waals surface area contributed by atoms with Gasteiger partial charge in [0.25, 0.3) is 0 Å². The lowest BCUT2D eigenvalue weighted by Crippen LogP contribution is -2.14. The van der Waals surface area contributed by atoms with E-state index in [4.69, 9.17) is 0 Å². The Morgan fingerprint density at radius 1 is 1.50 bits per heavy atom. The maximum atomic E-state index is 11.0. The van der Waals surface area contributed by atoms with E-state index in [9.17, 15) is 9.59 Å². The summed E-state index contributed by atoms with van der Waals surface area (Å²) in [6.45, 7) is 3.93. The largest absolute Gasteiger partial charge is 0.291 e. The van der Waals surface area contributed by atoms with Gasteiger partial charge in [-0.15, -0.1) is 0 Å². The van der Waals surface area contributed by atoms with Gasteiger partial charge in [0.1, 0.15) is 0 Å². The lowest BCUT2D eigenvalue weighted by Gasteiger charge is -2.07. The minimum atomic E-state index is -0.167. The second kappa shape index (κ2) is 2.52. The predicted molar refractivity (Wildman–Crippen MR) is 37.6 cm³/mol. The zero-order valence-corrected chi connectivity index (χ0v) is 6.39. The standard InChI is InChI=1S/C8H12O2/c1-3-6-5(2)4-7(9)8(6)10/h5-6H,3-4H2,1-2H3/t5-,6+/m0/s1. The van der Waals surface area contributed by atoms with Crippen LogP contribution in [-0.2, 0) is 9.59 Å². The Bertz CT molecular complexity index is 172. The minimum absolute atomic E-state index is 0.0208. The van der Waals surface area contributed by atoms with Crippen LogP contribution in [0.4, 0.5) is 0 Å². The molecule has 0 radical (unpaired) electrons. The second-order valence-corrected chi connectivity index (χ2v) is 2.98. The summed E-state index contributed by atoms with van der Waals surface area (Å²) in [6.07, 6.45) is 1.28. The van der Waals surface area contributed by atoms with E-state index in [1.807, 2.05) is 13.8 Å². The number of carbonyl (C=O) groups is 2. The molecule has 56 valence electrons. The van der Waals surface area contributed by atoms with Gasteiger partial charge in [0, 0.05) is 12.3 Å². The van der Waals surface area contributed by atoms with Crippen molar-refractivity contribution >= 4 is 11.6 Å². The van der Waals surface area contributed by atoms with Crippen LogP contribution < -0.4 is 0 Å². The monoisotopic (exact) mass is 140 g/mol. The Kier molecular flexibility index (Phi) is 1.88. The van der Waals surface area contributed by atoms with E-state index < -0.39 is 0 Å². The number of carbonyl (C=O) groups excluding carboxylic acids is 2. The molecule has 1 aliphatic carbocycles. The predicted octanol–water partition coefficient (Wildman–Crippen LogP) is 1.19. The molecule has 1 rings (SSSR count). The van der Waals surface area contributed by atoms with Crippen molar-refractivity contribution in [3.63, 3.8) is 0 Å². The van der Waals surface area contributed by atoms with Crippen molar-refractivity contribution in [3.8, 4) is 0 Å². The molecule has 0 saturated heterocycles. The van der Waals surface area contributed by atoms with Gasteiger partial charge >= 0.3 is 0 Å². The molecule has 0 aromatic carbocycles. The van der Waals surface area contributed by atoms with Crippen LogP contribution in [0.15, 0.2) is 0 Å². The number of Topliss-reactive ketones (excluding diaryl/α,β-unsaturated/α-hetero) is 2. The number of hydrogen-bond acceptors (Lipinski definition) is 2. The van der Waals surface area contributed by atoms with E-state index in [1.165, 1.54) is 0 Å². The maximum absolute atomic E-state index is 11.0. The first-order valence-corrected chi connectivity index (χ1v) is 3.73. The third-order valence-corrected chi connectivity index (χ3v) is 2.25. The lowest BCUT2D eigenvalue weighted by molar-refractivity contribution is -0.135. The summed E-state index contributed by atoms with van der Waals surface area (Å²) in [5, 5.41) is 0. The Morgan fingerprint density at radius 2 is 2.10 bits per heavy atom. The van der Waals surface area contributed by atoms with E-state index in [0.29, 0.717) is 6.42 Å². The van der Waals surface area contributed by atoms with E-state index >= 15 is 0 Å². The summed E-state index contributed by atoms with van der Waals surface area (Å²) in [5.41, 5.74) is 0. The highest BCUT2D eigenvalue weighted by atomic mass is 16.2. The molecule has 2 atom stereocenters. The average Bonchev–Trinajstić information content (AvgIpc) is 2.09. The number of hydrogen-bond donors (Lipinski definition) is 0. The lowest BCUT2D eigenvalue weighted by atomic mass is 9.95. The highest BCUT2D eigenvalue weighted by Crippen LogP contribution is 2.27. The fourth-order valence-corrected chi connectivity index (χ4v) is 1.59. The Hall–Kier alpha value is -0.660. The van der Waals surface area contributed by atoms with Crippen LogP contribution in [0, 0.1) is 11.8 Å². The van der Waals surface area contributed by atoms with Crippen molar-refractivity contribution in [1.29, 1.82) is 0 Å². The van der Waals surface area contributed by atoms with Gasteiger partial charge in [-0.05, 0) is 12.3 Å². The zero-order valence-electron chi connectivity index (χ0n) is 6.39. The summed E-state index contributed by atoms with van der Waals surface area (Å²) in [7, 11) is 0. The summed E-state index contributed by atoms with van der Waals surface area (Å²) < 4.78 is 0. The molecule has 0 aliphatic heterocycles. The fraction of sp³-hybridized carbons (Fsp3) is 0.750. The molecule has 0 aromatic heterocycles. The van der Waals surface area contributed by atoms with Crippen LogP contribution in [0.25, 0.3) is 0 Å². The van der Waals surface area contributed by atoms with Crippen LogP contribution in [0.1, 0.15) is 26.7 Å². The Labute approximate surface area is 60.6 Å². The van der Waals surface area contributed by atoms with Crippen LogP contribution in [0.3, 0.4) is 0 Å². The molecule has 0 bridgehead atoms. The normalized spacial score (nSPS) is 33.4. The van der Waals surface area contributed by atoms with E-state index in [1.54, 1.807) is 0 Å². The molecular weight excluding hydrogens is 128 g/mol. The van der Waals surface area contributed by atoms with Crippen LogP contribution in [-0.4, -0.2) is 11.6 Å². The quantitative estimate of drug-likeness (QED) is 0.513. The molecule has 1 saturated carbocycles. The van der Waals surface area contributed by atoms with Crippen LogP contribution in [0.2, 0.25) is 0 Å². The number of ketones is 2. The highest BCUT2D eigenvalue weighted by molar-refractivity contribution is 6.40. The van der Waals surface area contributed by atoms with Gasteiger partial charge in [0.2, 0.25) is 5.78 Å². The molecule has 0 unspecified atom stereocenters. The smallest absolute Gasteiger partial charge is 0.201 e. The molecule has 2 heteroatoms. The van der Waals surface area contributed by atoms with Crippen molar-refractivity contribution < 1.29 is 9.59 Å². The Morgan fingerprint density at radius 3 is 2.30 bits per heavy atom. The first-order valence-electron chi connectivity index (χ1n) is 3.73. The van der Waals surface area contributed by atoms with Crippen LogP contribution >= 0.6 is 0 Å². The zero-order chi connectivity index (χ0) is 7.72. The SMILES string of the molecule is CC[C@H]1C(=O)C(=O)C[C@@H]1C. The summed E-state index contributed by atoms with van der Waals surface area (Å²) in [5.74, 6) is -0.00755. The van der Waals surface area contributed by atoms with E-state index in [-0.39, 0.29) is 23.4 Å². The first-order chi connectivity index (χ1) is 4.66. The molecule has 0 spiro atoms. The van der Waals surface area contributed by atoms with Gasteiger partial charge in [-0.3, -0.25) is 9.59 Å². The Balaban J connectivity index is 2.74. The molecule has 10 heavy (non-hydrogen) atoms. The first kappa shape index (κ1) is 7.45. The van der Waals surface area contributed by atoms with E-state index in [0.717, 1.165) is 6.42 Å². The minimum Gasteiger partial charge on any atom is -0.291 e. The van der Waals surface area contributed by atoms with Gasteiger partial charge in [-0.25, -0.2) is 0 Å². The third-order valence-electron chi connectivity index (χ3n) is 2.25. The average molecular weight is 140 g/mol. The highest BCUT2D eigenvalue weighted by Gasteiger charge is 2.36. The van der Waals surface area contributed by atoms with Crippen molar-refractivity contribution in [2.24, 2.45) is 11.8 Å². The van der Waals surface area contributed by atoms with Crippen molar-refractivity contribution in [1.82, 2.24) is 0 Å². The molecule has 0 aromatic rings. The summed E-state index contributed by atoms with van der Waals surface area (Å²) >= 11 is 0. The molecular formula is C8H12O2. The maximum Gasteiger partial charge on any atom is 0.201 e. The summed E-state index contributed by atoms with van der Waals surface area (Å²) in [6, 6.07) is 0. The van der Waals surface area contributed by atoms with Crippen molar-refractivity contribution in [2.75, 3.05) is 0 Å². The second-order valence-electron chi connectivity index (χ2n) is 2.98. The summed E-state index contributed by atoms with van der Waals surface area (Å²) in [4.78, 5) is 21.8. The van der Waals surface area contributed by atoms with Gasteiger partial charge < -0.3 is 0 Å². The molecule has 1 aliphatic rings. The van der Waals surface area contributed by atoms with Gasteiger partial charge in [-0.2, -0.15) is 0 Å². The van der Waals surface area contributed by atoms with Gasteiger partial charge in [-0.1, -0.05) is 13.8 Å². The van der Waals surface area contributed by atoms with Crippen molar-refractivity contribution in [2.45, 2.75) is 26.7 Å². The van der Waals surface area contributed by atoms with Gasteiger partial charge in [0.05, 0.1) is 0 Å². The number of rotatable bonds is 1.